The molecule has 2 aromatic rings. The van der Waals surface area contributed by atoms with E-state index in [1.54, 1.807) is 0 Å². The van der Waals surface area contributed by atoms with E-state index < -0.39 is 11.8 Å². The number of halogens is 3. The van der Waals surface area contributed by atoms with Crippen LogP contribution in [-0.2, 0) is 6.54 Å². The number of rotatable bonds is 3. The molecule has 2 rings (SSSR count). The molecular formula is C14H11Cl2FN2O. The first-order valence-electron chi connectivity index (χ1n) is 5.79. The number of carbonyl (C=O) groups excluding carboxylic acids is 1. The monoisotopic (exact) mass is 312 g/mol. The van der Waals surface area contributed by atoms with Crippen molar-refractivity contribution in [1.29, 1.82) is 0 Å². The van der Waals surface area contributed by atoms with Crippen LogP contribution in [0.5, 0.6) is 0 Å². The largest absolute Gasteiger partial charge is 0.334 e. The van der Waals surface area contributed by atoms with Gasteiger partial charge in [0.25, 0.3) is 0 Å². The molecule has 0 saturated heterocycles. The molecule has 0 bridgehead atoms. The SMILES string of the molecule is O=C(NCc1ccccc1)Nc1cc(Cl)c(F)c(Cl)c1. The second kappa shape index (κ2) is 6.59. The van der Waals surface area contributed by atoms with E-state index in [2.05, 4.69) is 10.6 Å². The molecule has 0 unspecified atom stereocenters. The Hall–Kier alpha value is -1.78. The zero-order valence-corrected chi connectivity index (χ0v) is 11.8. The van der Waals surface area contributed by atoms with Crippen molar-refractivity contribution < 1.29 is 9.18 Å². The van der Waals surface area contributed by atoms with Gasteiger partial charge in [0.1, 0.15) is 0 Å². The molecule has 0 aliphatic rings. The van der Waals surface area contributed by atoms with E-state index in [0.717, 1.165) is 5.56 Å². The Morgan fingerprint density at radius 3 is 2.30 bits per heavy atom. The lowest BCUT2D eigenvalue weighted by Gasteiger charge is -2.09. The maximum atomic E-state index is 13.2. The number of carbonyl (C=O) groups is 1. The van der Waals surface area contributed by atoms with Crippen LogP contribution in [0.1, 0.15) is 5.56 Å². The van der Waals surface area contributed by atoms with Crippen molar-refractivity contribution in [3.8, 4) is 0 Å². The highest BCUT2D eigenvalue weighted by atomic mass is 35.5. The fourth-order valence-corrected chi connectivity index (χ4v) is 2.07. The van der Waals surface area contributed by atoms with Gasteiger partial charge in [0, 0.05) is 12.2 Å². The first-order chi connectivity index (χ1) is 9.56. The molecule has 0 spiro atoms. The minimum Gasteiger partial charge on any atom is -0.334 e. The highest BCUT2D eigenvalue weighted by molar-refractivity contribution is 6.35. The zero-order valence-electron chi connectivity index (χ0n) is 10.3. The molecule has 2 aromatic carbocycles. The van der Waals surface area contributed by atoms with Crippen LogP contribution in [0.2, 0.25) is 10.0 Å². The third-order valence-electron chi connectivity index (χ3n) is 2.54. The van der Waals surface area contributed by atoms with Crippen LogP contribution in [-0.4, -0.2) is 6.03 Å². The van der Waals surface area contributed by atoms with Gasteiger partial charge < -0.3 is 10.6 Å². The first-order valence-corrected chi connectivity index (χ1v) is 6.55. The predicted octanol–water partition coefficient (Wildman–Crippen LogP) is 4.45. The number of amides is 2. The van der Waals surface area contributed by atoms with E-state index in [1.165, 1.54) is 12.1 Å². The third kappa shape index (κ3) is 3.85. The number of benzene rings is 2. The van der Waals surface area contributed by atoms with E-state index in [4.69, 9.17) is 23.2 Å². The minimum atomic E-state index is -0.705. The summed E-state index contributed by atoms with van der Waals surface area (Å²) in [6.07, 6.45) is 0. The van der Waals surface area contributed by atoms with E-state index in [0.29, 0.717) is 12.2 Å². The molecule has 0 fully saturated rings. The van der Waals surface area contributed by atoms with Gasteiger partial charge in [0.05, 0.1) is 10.0 Å². The Kier molecular flexibility index (Phi) is 4.82. The summed E-state index contributed by atoms with van der Waals surface area (Å²) in [5, 5.41) is 4.92. The molecular weight excluding hydrogens is 302 g/mol. The maximum absolute atomic E-state index is 13.2. The summed E-state index contributed by atoms with van der Waals surface area (Å²) in [6.45, 7) is 0.384. The standard InChI is InChI=1S/C14H11Cl2FN2O/c15-11-6-10(7-12(16)13(11)17)19-14(20)18-8-9-4-2-1-3-5-9/h1-7H,8H2,(H2,18,19,20). The molecule has 3 nitrogen and oxygen atoms in total. The average molecular weight is 313 g/mol. The summed E-state index contributed by atoms with van der Waals surface area (Å²) < 4.78 is 13.2. The van der Waals surface area contributed by atoms with Crippen molar-refractivity contribution in [3.63, 3.8) is 0 Å². The van der Waals surface area contributed by atoms with Gasteiger partial charge in [-0.1, -0.05) is 53.5 Å². The van der Waals surface area contributed by atoms with Gasteiger partial charge in [0.15, 0.2) is 5.82 Å². The van der Waals surface area contributed by atoms with E-state index >= 15 is 0 Å². The molecule has 0 atom stereocenters. The van der Waals surface area contributed by atoms with E-state index in [9.17, 15) is 9.18 Å². The molecule has 2 N–H and O–H groups in total. The summed E-state index contributed by atoms with van der Waals surface area (Å²) in [5.41, 5.74) is 1.30. The second-order valence-corrected chi connectivity index (χ2v) is 4.86. The first kappa shape index (κ1) is 14.6. The molecule has 20 heavy (non-hydrogen) atoms. The van der Waals surface area contributed by atoms with Crippen LogP contribution in [0.3, 0.4) is 0 Å². The van der Waals surface area contributed by atoms with Gasteiger partial charge >= 0.3 is 6.03 Å². The van der Waals surface area contributed by atoms with Crippen molar-refractivity contribution in [1.82, 2.24) is 5.32 Å². The minimum absolute atomic E-state index is 0.143. The number of hydrogen-bond donors (Lipinski definition) is 2. The summed E-state index contributed by atoms with van der Waals surface area (Å²) in [6, 6.07) is 11.6. The zero-order chi connectivity index (χ0) is 14.5. The molecule has 0 heterocycles. The van der Waals surface area contributed by atoms with Gasteiger partial charge in [-0.05, 0) is 17.7 Å². The Morgan fingerprint density at radius 1 is 1.10 bits per heavy atom. The van der Waals surface area contributed by atoms with Crippen LogP contribution in [0.4, 0.5) is 14.9 Å². The molecule has 0 radical (unpaired) electrons. The summed E-state index contributed by atoms with van der Waals surface area (Å²) >= 11 is 11.3. The maximum Gasteiger partial charge on any atom is 0.319 e. The summed E-state index contributed by atoms with van der Waals surface area (Å²) in [4.78, 5) is 11.7. The Balaban J connectivity index is 1.95. The van der Waals surface area contributed by atoms with Crippen molar-refractivity contribution in [2.24, 2.45) is 0 Å². The van der Waals surface area contributed by atoms with Crippen LogP contribution in [0, 0.1) is 5.82 Å². The van der Waals surface area contributed by atoms with Crippen molar-refractivity contribution >= 4 is 34.9 Å². The number of anilines is 1. The predicted molar refractivity (Wildman–Crippen MR) is 78.7 cm³/mol. The van der Waals surface area contributed by atoms with Crippen LogP contribution in [0.25, 0.3) is 0 Å². The fourth-order valence-electron chi connectivity index (χ4n) is 1.58. The van der Waals surface area contributed by atoms with E-state index in [-0.39, 0.29) is 10.0 Å². The smallest absolute Gasteiger partial charge is 0.319 e. The Labute approximate surface area is 125 Å². The second-order valence-electron chi connectivity index (χ2n) is 4.05. The van der Waals surface area contributed by atoms with Gasteiger partial charge in [0.2, 0.25) is 0 Å². The Morgan fingerprint density at radius 2 is 1.70 bits per heavy atom. The third-order valence-corrected chi connectivity index (χ3v) is 3.09. The lowest BCUT2D eigenvalue weighted by molar-refractivity contribution is 0.251. The number of nitrogens with one attached hydrogen (secondary N) is 2. The summed E-state index contributed by atoms with van der Waals surface area (Å²) in [7, 11) is 0. The van der Waals surface area contributed by atoms with Gasteiger partial charge in [-0.15, -0.1) is 0 Å². The van der Waals surface area contributed by atoms with Gasteiger partial charge in [-0.2, -0.15) is 0 Å². The molecule has 0 saturated carbocycles. The number of urea groups is 1. The van der Waals surface area contributed by atoms with Crippen LogP contribution in [0.15, 0.2) is 42.5 Å². The topological polar surface area (TPSA) is 41.1 Å². The van der Waals surface area contributed by atoms with Crippen LogP contribution < -0.4 is 10.6 Å². The van der Waals surface area contributed by atoms with Crippen LogP contribution >= 0.6 is 23.2 Å². The quantitative estimate of drug-likeness (QED) is 0.807. The van der Waals surface area contributed by atoms with Crippen molar-refractivity contribution in [2.45, 2.75) is 6.54 Å². The average Bonchev–Trinajstić information content (AvgIpc) is 2.43. The lowest BCUT2D eigenvalue weighted by atomic mass is 10.2. The van der Waals surface area contributed by atoms with Crippen molar-refractivity contribution in [2.75, 3.05) is 5.32 Å². The molecule has 6 heteroatoms. The van der Waals surface area contributed by atoms with E-state index in [1.807, 2.05) is 30.3 Å². The molecule has 0 aliphatic carbocycles. The highest BCUT2D eigenvalue weighted by Crippen LogP contribution is 2.27. The van der Waals surface area contributed by atoms with Gasteiger partial charge in [-0.25, -0.2) is 9.18 Å². The Bertz CT molecular complexity index is 597. The molecule has 104 valence electrons. The lowest BCUT2D eigenvalue weighted by Crippen LogP contribution is -2.28. The summed E-state index contributed by atoms with van der Waals surface area (Å²) in [5.74, 6) is -0.705. The normalized spacial score (nSPS) is 10.2. The number of hydrogen-bond acceptors (Lipinski definition) is 1. The molecule has 0 aliphatic heterocycles. The molecule has 2 amide bonds. The fraction of sp³-hybridized carbons (Fsp3) is 0.0714. The van der Waals surface area contributed by atoms with Crippen molar-refractivity contribution in [3.05, 3.63) is 63.9 Å². The molecule has 0 aromatic heterocycles. The highest BCUT2D eigenvalue weighted by Gasteiger charge is 2.09. The van der Waals surface area contributed by atoms with Gasteiger partial charge in [-0.3, -0.25) is 0 Å².